The van der Waals surface area contributed by atoms with E-state index in [4.69, 9.17) is 25.8 Å². The zero-order chi connectivity index (χ0) is 25.1. The van der Waals surface area contributed by atoms with Crippen molar-refractivity contribution in [3.05, 3.63) is 82.4 Å². The van der Waals surface area contributed by atoms with E-state index >= 15 is 0 Å². The zero-order valence-electron chi connectivity index (χ0n) is 20.7. The summed E-state index contributed by atoms with van der Waals surface area (Å²) < 4.78 is 17.0. The van der Waals surface area contributed by atoms with E-state index in [1.807, 2.05) is 91.5 Å². The Morgan fingerprint density at radius 2 is 1.71 bits per heavy atom. The molecule has 3 aromatic rings. The second kappa shape index (κ2) is 10.6. The Morgan fingerprint density at radius 3 is 2.31 bits per heavy atom. The van der Waals surface area contributed by atoms with Crippen molar-refractivity contribution in [3.8, 4) is 11.5 Å². The van der Waals surface area contributed by atoms with E-state index in [0.717, 1.165) is 28.1 Å². The van der Waals surface area contributed by atoms with Crippen LogP contribution in [0.2, 0.25) is 5.02 Å². The Kier molecular flexibility index (Phi) is 7.53. The molecule has 0 aromatic heterocycles. The Balaban J connectivity index is 1.86. The lowest BCUT2D eigenvalue weighted by Gasteiger charge is -2.38. The summed E-state index contributed by atoms with van der Waals surface area (Å²) in [6.45, 7) is 2.39. The van der Waals surface area contributed by atoms with Gasteiger partial charge in [0.25, 0.3) is 0 Å². The Bertz CT molecular complexity index is 1180. The molecule has 0 bridgehead atoms. The average Bonchev–Trinajstić information content (AvgIpc) is 2.84. The fourth-order valence-electron chi connectivity index (χ4n) is 4.47. The highest BCUT2D eigenvalue weighted by Gasteiger charge is 2.36. The van der Waals surface area contributed by atoms with Gasteiger partial charge in [0.15, 0.2) is 11.5 Å². The average molecular weight is 495 g/mol. The molecular weight excluding hydrogens is 464 g/mol. The minimum absolute atomic E-state index is 0.0125. The van der Waals surface area contributed by atoms with Crippen LogP contribution in [0.15, 0.2) is 60.7 Å². The van der Waals surface area contributed by atoms with Crippen molar-refractivity contribution in [1.29, 1.82) is 0 Å². The number of amides is 1. The molecule has 0 N–H and O–H groups in total. The van der Waals surface area contributed by atoms with Gasteiger partial charge in [0.1, 0.15) is 6.10 Å². The summed E-state index contributed by atoms with van der Waals surface area (Å²) in [5.74, 6) is 1.23. The summed E-state index contributed by atoms with van der Waals surface area (Å²) >= 11 is 6.20. The van der Waals surface area contributed by atoms with E-state index in [-0.39, 0.29) is 24.5 Å². The molecule has 2 atom stereocenters. The van der Waals surface area contributed by atoms with Crippen LogP contribution in [0.5, 0.6) is 11.5 Å². The number of anilines is 2. The van der Waals surface area contributed by atoms with Gasteiger partial charge in [-0.05, 0) is 72.1 Å². The number of fused-ring (bicyclic) bond motifs is 1. The highest BCUT2D eigenvalue weighted by atomic mass is 35.5. The lowest BCUT2D eigenvalue weighted by atomic mass is 9.86. The van der Waals surface area contributed by atoms with Gasteiger partial charge in [-0.1, -0.05) is 23.7 Å². The Hall–Kier alpha value is -3.22. The number of carbonyl (C=O) groups is 1. The summed E-state index contributed by atoms with van der Waals surface area (Å²) in [4.78, 5) is 17.5. The minimum atomic E-state index is -0.347. The van der Waals surface area contributed by atoms with E-state index < -0.39 is 0 Å². The van der Waals surface area contributed by atoms with Crippen molar-refractivity contribution >= 4 is 28.9 Å². The molecule has 35 heavy (non-hydrogen) atoms. The largest absolute Gasteiger partial charge is 0.493 e. The molecular formula is C28H31ClN2O4. The quantitative estimate of drug-likeness (QED) is 0.413. The lowest BCUT2D eigenvalue weighted by Crippen LogP contribution is -2.41. The first-order valence-corrected chi connectivity index (χ1v) is 11.9. The molecule has 1 amide bonds. The molecule has 0 saturated carbocycles. The van der Waals surface area contributed by atoms with Crippen LogP contribution in [0.1, 0.15) is 29.7 Å². The lowest BCUT2D eigenvalue weighted by molar-refractivity contribution is -0.118. The zero-order valence-corrected chi connectivity index (χ0v) is 21.5. The van der Waals surface area contributed by atoms with Crippen LogP contribution < -0.4 is 19.3 Å². The first-order valence-electron chi connectivity index (χ1n) is 11.5. The summed E-state index contributed by atoms with van der Waals surface area (Å²) in [6, 6.07) is 19.2. The predicted molar refractivity (Wildman–Crippen MR) is 140 cm³/mol. The smallest absolute Gasteiger partial charge is 0.232 e. The van der Waals surface area contributed by atoms with Crippen LogP contribution in [0.3, 0.4) is 0 Å². The summed E-state index contributed by atoms with van der Waals surface area (Å²) in [5.41, 5.74) is 4.76. The van der Waals surface area contributed by atoms with Gasteiger partial charge < -0.3 is 24.0 Å². The van der Waals surface area contributed by atoms with Crippen LogP contribution >= 0.6 is 11.6 Å². The number of nitrogens with zero attached hydrogens (tertiary/aromatic N) is 2. The third-order valence-corrected chi connectivity index (χ3v) is 6.40. The van der Waals surface area contributed by atoms with Gasteiger partial charge in [-0.2, -0.15) is 0 Å². The maximum absolute atomic E-state index is 13.6. The van der Waals surface area contributed by atoms with Crippen LogP contribution in [0.4, 0.5) is 11.4 Å². The van der Waals surface area contributed by atoms with Crippen molar-refractivity contribution in [2.45, 2.75) is 25.5 Å². The monoisotopic (exact) mass is 494 g/mol. The normalized spacial score (nSPS) is 16.0. The molecule has 0 saturated heterocycles. The minimum Gasteiger partial charge on any atom is -0.493 e. The van der Waals surface area contributed by atoms with E-state index in [2.05, 4.69) is 0 Å². The molecule has 1 aliphatic heterocycles. The van der Waals surface area contributed by atoms with E-state index in [1.165, 1.54) is 0 Å². The van der Waals surface area contributed by atoms with Crippen molar-refractivity contribution < 1.29 is 19.0 Å². The van der Waals surface area contributed by atoms with Crippen molar-refractivity contribution in [2.75, 3.05) is 44.7 Å². The number of methoxy groups -OCH3 is 2. The number of ether oxygens (including phenoxy) is 3. The highest BCUT2D eigenvalue weighted by Crippen LogP contribution is 2.44. The molecule has 2 unspecified atom stereocenters. The van der Waals surface area contributed by atoms with Crippen molar-refractivity contribution in [2.24, 2.45) is 0 Å². The standard InChI is InChI=1S/C28H31ClN2O4/c1-18(17-33-4)35-26-16-24-20(14-25(26)34-5)15-27(32)31(23-12-10-22(11-13-23)30(2)3)28(24)19-6-8-21(29)9-7-19/h6-14,16,18,28H,15,17H2,1-5H3. The number of carbonyl (C=O) groups excluding carboxylic acids is 1. The first-order chi connectivity index (χ1) is 16.8. The number of hydrogen-bond donors (Lipinski definition) is 0. The summed E-state index contributed by atoms with van der Waals surface area (Å²) in [7, 11) is 7.24. The van der Waals surface area contributed by atoms with E-state index in [0.29, 0.717) is 23.1 Å². The SMILES string of the molecule is COCC(C)Oc1cc2c(cc1OC)CC(=O)N(c1ccc(N(C)C)cc1)C2c1ccc(Cl)cc1. The van der Waals surface area contributed by atoms with E-state index in [9.17, 15) is 4.79 Å². The maximum atomic E-state index is 13.6. The van der Waals surface area contributed by atoms with Gasteiger partial charge in [0.2, 0.25) is 5.91 Å². The molecule has 7 heteroatoms. The third kappa shape index (κ3) is 5.24. The fourth-order valence-corrected chi connectivity index (χ4v) is 4.60. The van der Waals surface area contributed by atoms with Gasteiger partial charge >= 0.3 is 0 Å². The van der Waals surface area contributed by atoms with Crippen LogP contribution in [0.25, 0.3) is 0 Å². The van der Waals surface area contributed by atoms with Gasteiger partial charge in [0.05, 0.1) is 26.2 Å². The second-order valence-corrected chi connectivity index (χ2v) is 9.33. The fraction of sp³-hybridized carbons (Fsp3) is 0.321. The molecule has 184 valence electrons. The topological polar surface area (TPSA) is 51.2 Å². The van der Waals surface area contributed by atoms with Crippen LogP contribution in [-0.2, 0) is 16.0 Å². The second-order valence-electron chi connectivity index (χ2n) is 8.89. The first kappa shape index (κ1) is 24.9. The number of halogens is 1. The summed E-state index contributed by atoms with van der Waals surface area (Å²) in [6.07, 6.45) is 0.0971. The van der Waals surface area contributed by atoms with E-state index in [1.54, 1.807) is 14.2 Å². The summed E-state index contributed by atoms with van der Waals surface area (Å²) in [5, 5.41) is 0.644. The maximum Gasteiger partial charge on any atom is 0.232 e. The third-order valence-electron chi connectivity index (χ3n) is 6.15. The van der Waals surface area contributed by atoms with Crippen LogP contribution in [-0.4, -0.2) is 46.9 Å². The highest BCUT2D eigenvalue weighted by molar-refractivity contribution is 6.30. The molecule has 1 aliphatic rings. The number of benzene rings is 3. The molecule has 6 nitrogen and oxygen atoms in total. The number of rotatable bonds is 8. The molecule has 0 aliphatic carbocycles. The Morgan fingerprint density at radius 1 is 1.03 bits per heavy atom. The Labute approximate surface area is 212 Å². The van der Waals surface area contributed by atoms with Crippen LogP contribution in [0, 0.1) is 0 Å². The molecule has 0 fully saturated rings. The van der Waals surface area contributed by atoms with Gasteiger partial charge in [-0.15, -0.1) is 0 Å². The molecule has 0 spiro atoms. The molecule has 0 radical (unpaired) electrons. The molecule has 3 aromatic carbocycles. The molecule has 4 rings (SSSR count). The van der Waals surface area contributed by atoms with Gasteiger partial charge in [-0.3, -0.25) is 4.79 Å². The van der Waals surface area contributed by atoms with Gasteiger partial charge in [-0.25, -0.2) is 0 Å². The number of hydrogen-bond acceptors (Lipinski definition) is 5. The van der Waals surface area contributed by atoms with Crippen molar-refractivity contribution in [1.82, 2.24) is 0 Å². The molecule has 1 heterocycles. The van der Waals surface area contributed by atoms with Gasteiger partial charge in [0, 0.05) is 37.6 Å². The predicted octanol–water partition coefficient (Wildman–Crippen LogP) is 5.51. The van der Waals surface area contributed by atoms with Crippen molar-refractivity contribution in [3.63, 3.8) is 0 Å².